The Kier molecular flexibility index (Phi) is 4.54. The third kappa shape index (κ3) is 3.20. The number of aliphatic hydroxyl groups excluding tert-OH is 1. The van der Waals surface area contributed by atoms with Crippen molar-refractivity contribution in [2.75, 3.05) is 6.54 Å². The number of likely N-dealkylation sites (tertiary alicyclic amines) is 1. The minimum atomic E-state index is -0.715. The van der Waals surface area contributed by atoms with Crippen molar-refractivity contribution in [1.29, 1.82) is 0 Å². The third-order valence-corrected chi connectivity index (χ3v) is 4.31. The first-order chi connectivity index (χ1) is 10.8. The van der Waals surface area contributed by atoms with Gasteiger partial charge in [-0.05, 0) is 24.0 Å². The molecule has 2 atom stereocenters. The summed E-state index contributed by atoms with van der Waals surface area (Å²) >= 11 is 0. The van der Waals surface area contributed by atoms with Crippen LogP contribution in [0.25, 0.3) is 0 Å². The van der Waals surface area contributed by atoms with Gasteiger partial charge in [-0.25, -0.2) is 0 Å². The third-order valence-electron chi connectivity index (χ3n) is 4.31. The number of hydrogen-bond acceptors (Lipinski definition) is 2. The van der Waals surface area contributed by atoms with Crippen molar-refractivity contribution in [3.8, 4) is 0 Å². The van der Waals surface area contributed by atoms with Gasteiger partial charge in [-0.15, -0.1) is 0 Å². The lowest BCUT2D eigenvalue weighted by Gasteiger charge is -2.34. The van der Waals surface area contributed by atoms with Gasteiger partial charge in [-0.2, -0.15) is 0 Å². The fraction of sp³-hybridized carbons (Fsp3) is 0.316. The van der Waals surface area contributed by atoms with E-state index in [4.69, 9.17) is 0 Å². The summed E-state index contributed by atoms with van der Waals surface area (Å²) < 4.78 is 0. The summed E-state index contributed by atoms with van der Waals surface area (Å²) in [6.45, 7) is 1.39. The van der Waals surface area contributed by atoms with Gasteiger partial charge in [0.15, 0.2) is 0 Å². The molecule has 1 aliphatic rings. The Hall–Kier alpha value is -2.13. The van der Waals surface area contributed by atoms with Crippen LogP contribution in [-0.4, -0.2) is 22.5 Å². The van der Waals surface area contributed by atoms with E-state index in [0.29, 0.717) is 6.54 Å². The summed E-state index contributed by atoms with van der Waals surface area (Å²) in [5.74, 6) is -0.272. The van der Waals surface area contributed by atoms with Crippen LogP contribution in [0.15, 0.2) is 60.7 Å². The van der Waals surface area contributed by atoms with E-state index in [9.17, 15) is 9.90 Å². The molecule has 114 valence electrons. The van der Waals surface area contributed by atoms with Gasteiger partial charge in [-0.1, -0.05) is 60.7 Å². The van der Waals surface area contributed by atoms with Crippen molar-refractivity contribution in [3.05, 3.63) is 71.8 Å². The molecule has 0 radical (unpaired) electrons. The number of rotatable bonds is 4. The Morgan fingerprint density at radius 3 is 2.36 bits per heavy atom. The molecule has 22 heavy (non-hydrogen) atoms. The average Bonchev–Trinajstić information content (AvgIpc) is 2.58. The smallest absolute Gasteiger partial charge is 0.228 e. The first kappa shape index (κ1) is 14.8. The standard InChI is InChI=1S/C19H21NO2/c21-18(16-10-5-2-6-11-16)17-12-7-13-20(19(17)22)14-15-8-3-1-4-9-15/h1-6,8-11,17-18,21H,7,12-14H2/t17-,18+/m0/s1. The number of nitrogens with zero attached hydrogens (tertiary/aromatic N) is 1. The van der Waals surface area contributed by atoms with Gasteiger partial charge in [0.25, 0.3) is 0 Å². The topological polar surface area (TPSA) is 40.5 Å². The molecule has 3 heteroatoms. The van der Waals surface area contributed by atoms with Crippen LogP contribution in [0, 0.1) is 5.92 Å². The Morgan fingerprint density at radius 1 is 1.05 bits per heavy atom. The summed E-state index contributed by atoms with van der Waals surface area (Å²) in [5, 5.41) is 10.6. The van der Waals surface area contributed by atoms with Crippen molar-refractivity contribution < 1.29 is 9.90 Å². The number of benzene rings is 2. The van der Waals surface area contributed by atoms with Crippen LogP contribution in [-0.2, 0) is 11.3 Å². The van der Waals surface area contributed by atoms with Gasteiger partial charge >= 0.3 is 0 Å². The van der Waals surface area contributed by atoms with Gasteiger partial charge < -0.3 is 10.0 Å². The molecule has 0 spiro atoms. The van der Waals surface area contributed by atoms with Crippen LogP contribution in [0.5, 0.6) is 0 Å². The van der Waals surface area contributed by atoms with Gasteiger partial charge in [0.1, 0.15) is 0 Å². The van der Waals surface area contributed by atoms with Crippen LogP contribution in [0.1, 0.15) is 30.1 Å². The van der Waals surface area contributed by atoms with Gasteiger partial charge in [0, 0.05) is 13.1 Å². The van der Waals surface area contributed by atoms with E-state index in [1.54, 1.807) is 0 Å². The zero-order valence-electron chi connectivity index (χ0n) is 12.6. The van der Waals surface area contributed by atoms with Gasteiger partial charge in [0.2, 0.25) is 5.91 Å². The maximum atomic E-state index is 12.7. The molecule has 3 rings (SSSR count). The highest BCUT2D eigenvalue weighted by atomic mass is 16.3. The molecular weight excluding hydrogens is 274 g/mol. The Bertz CT molecular complexity index is 612. The van der Waals surface area contributed by atoms with E-state index < -0.39 is 6.10 Å². The first-order valence-electron chi connectivity index (χ1n) is 7.81. The molecule has 0 bridgehead atoms. The Balaban J connectivity index is 1.72. The van der Waals surface area contributed by atoms with Gasteiger partial charge in [-0.3, -0.25) is 4.79 Å². The largest absolute Gasteiger partial charge is 0.388 e. The predicted molar refractivity (Wildman–Crippen MR) is 86.0 cm³/mol. The van der Waals surface area contributed by atoms with Crippen molar-refractivity contribution in [2.24, 2.45) is 5.92 Å². The molecule has 2 aromatic carbocycles. The lowest BCUT2D eigenvalue weighted by atomic mass is 9.87. The monoisotopic (exact) mass is 295 g/mol. The van der Waals surface area contributed by atoms with E-state index in [1.165, 1.54) is 0 Å². The van der Waals surface area contributed by atoms with E-state index >= 15 is 0 Å². The molecule has 1 N–H and O–H groups in total. The van der Waals surface area contributed by atoms with Crippen molar-refractivity contribution >= 4 is 5.91 Å². The summed E-state index contributed by atoms with van der Waals surface area (Å²) in [7, 11) is 0. The van der Waals surface area contributed by atoms with Crippen LogP contribution < -0.4 is 0 Å². The lowest BCUT2D eigenvalue weighted by Crippen LogP contribution is -2.42. The SMILES string of the molecule is O=C1[C@H]([C@H](O)c2ccccc2)CCCN1Cc1ccccc1. The highest BCUT2D eigenvalue weighted by Crippen LogP contribution is 2.31. The minimum absolute atomic E-state index is 0.0615. The molecule has 1 fully saturated rings. The molecule has 0 saturated carbocycles. The first-order valence-corrected chi connectivity index (χ1v) is 7.81. The second-order valence-corrected chi connectivity index (χ2v) is 5.85. The highest BCUT2D eigenvalue weighted by molar-refractivity contribution is 5.80. The molecule has 1 aliphatic heterocycles. The lowest BCUT2D eigenvalue weighted by molar-refractivity contribution is -0.143. The Morgan fingerprint density at radius 2 is 1.68 bits per heavy atom. The normalized spacial score (nSPS) is 20.0. The second-order valence-electron chi connectivity index (χ2n) is 5.85. The van der Waals surface area contributed by atoms with Crippen LogP contribution in [0.2, 0.25) is 0 Å². The zero-order chi connectivity index (χ0) is 15.4. The molecule has 0 unspecified atom stereocenters. The second kappa shape index (κ2) is 6.75. The fourth-order valence-corrected chi connectivity index (χ4v) is 3.11. The zero-order valence-corrected chi connectivity index (χ0v) is 12.6. The fourth-order valence-electron chi connectivity index (χ4n) is 3.11. The molecule has 0 aliphatic carbocycles. The van der Waals surface area contributed by atoms with Crippen LogP contribution >= 0.6 is 0 Å². The van der Waals surface area contributed by atoms with Crippen molar-refractivity contribution in [1.82, 2.24) is 4.90 Å². The molecule has 1 amide bonds. The maximum absolute atomic E-state index is 12.7. The quantitative estimate of drug-likeness (QED) is 0.941. The number of piperidine rings is 1. The van der Waals surface area contributed by atoms with Crippen LogP contribution in [0.4, 0.5) is 0 Å². The van der Waals surface area contributed by atoms with Crippen molar-refractivity contribution in [3.63, 3.8) is 0 Å². The predicted octanol–water partition coefficient (Wildman–Crippen LogP) is 3.16. The average molecular weight is 295 g/mol. The van der Waals surface area contributed by atoms with E-state index in [-0.39, 0.29) is 11.8 Å². The molecule has 1 heterocycles. The number of carbonyl (C=O) groups is 1. The molecule has 3 nitrogen and oxygen atoms in total. The number of hydrogen-bond donors (Lipinski definition) is 1. The summed E-state index contributed by atoms with van der Waals surface area (Å²) in [5.41, 5.74) is 1.95. The maximum Gasteiger partial charge on any atom is 0.228 e. The summed E-state index contributed by atoms with van der Waals surface area (Å²) in [6.07, 6.45) is 0.972. The summed E-state index contributed by atoms with van der Waals surface area (Å²) in [6, 6.07) is 19.5. The Labute approximate surface area is 131 Å². The number of carbonyl (C=O) groups excluding carboxylic acids is 1. The van der Waals surface area contributed by atoms with E-state index in [2.05, 4.69) is 0 Å². The molecular formula is C19H21NO2. The molecule has 2 aromatic rings. The van der Waals surface area contributed by atoms with E-state index in [1.807, 2.05) is 65.6 Å². The number of aliphatic hydroxyl groups is 1. The summed E-state index contributed by atoms with van der Waals surface area (Å²) in [4.78, 5) is 14.6. The minimum Gasteiger partial charge on any atom is -0.388 e. The van der Waals surface area contributed by atoms with E-state index in [0.717, 1.165) is 30.5 Å². The highest BCUT2D eigenvalue weighted by Gasteiger charge is 2.34. The van der Waals surface area contributed by atoms with Gasteiger partial charge in [0.05, 0.1) is 12.0 Å². The number of amides is 1. The molecule has 1 saturated heterocycles. The molecule has 0 aromatic heterocycles. The van der Waals surface area contributed by atoms with Crippen LogP contribution in [0.3, 0.4) is 0 Å². The van der Waals surface area contributed by atoms with Crippen molar-refractivity contribution in [2.45, 2.75) is 25.5 Å².